The molecule has 2 aromatic heterocycles. The number of likely N-dealkylation sites (tertiary alicyclic amines) is 1. The van der Waals surface area contributed by atoms with E-state index >= 15 is 0 Å². The summed E-state index contributed by atoms with van der Waals surface area (Å²) in [6, 6.07) is 16.0. The summed E-state index contributed by atoms with van der Waals surface area (Å²) >= 11 is 1.29. The third-order valence-corrected chi connectivity index (χ3v) is 8.29. The number of aryl methyl sites for hydroxylation is 1. The van der Waals surface area contributed by atoms with Gasteiger partial charge in [-0.25, -0.2) is 17.4 Å². The van der Waals surface area contributed by atoms with E-state index in [4.69, 9.17) is 0 Å². The van der Waals surface area contributed by atoms with Gasteiger partial charge >= 0.3 is 0 Å². The van der Waals surface area contributed by atoms with Gasteiger partial charge in [0.2, 0.25) is 15.9 Å². The molecule has 9 nitrogen and oxygen atoms in total. The second kappa shape index (κ2) is 9.99. The van der Waals surface area contributed by atoms with Crippen LogP contribution in [0.5, 0.6) is 0 Å². The van der Waals surface area contributed by atoms with Gasteiger partial charge in [-0.2, -0.15) is 0 Å². The molecule has 3 heterocycles. The highest BCUT2D eigenvalue weighted by Crippen LogP contribution is 2.30. The number of anilines is 1. The maximum absolute atomic E-state index is 13.0. The van der Waals surface area contributed by atoms with Crippen LogP contribution in [0.15, 0.2) is 66.2 Å². The third kappa shape index (κ3) is 5.02. The first-order valence-corrected chi connectivity index (χ1v) is 14.5. The van der Waals surface area contributed by atoms with Crippen molar-refractivity contribution in [3.63, 3.8) is 0 Å². The lowest BCUT2D eigenvalue weighted by molar-refractivity contribution is -0.123. The van der Waals surface area contributed by atoms with Crippen molar-refractivity contribution < 1.29 is 22.8 Å². The van der Waals surface area contributed by atoms with E-state index in [0.29, 0.717) is 35.0 Å². The fourth-order valence-electron chi connectivity index (χ4n) is 4.36. The Morgan fingerprint density at radius 2 is 1.82 bits per heavy atom. The van der Waals surface area contributed by atoms with Crippen LogP contribution >= 0.6 is 11.3 Å². The molecule has 4 aromatic rings. The van der Waals surface area contributed by atoms with Crippen LogP contribution in [0.25, 0.3) is 22.4 Å². The predicted octanol–water partition coefficient (Wildman–Crippen LogP) is 4.06. The number of thiazole rings is 1. The van der Waals surface area contributed by atoms with Gasteiger partial charge in [-0.05, 0) is 36.6 Å². The van der Waals surface area contributed by atoms with E-state index in [2.05, 4.69) is 10.3 Å². The summed E-state index contributed by atoms with van der Waals surface area (Å²) < 4.78 is 24.8. The largest absolute Gasteiger partial charge is 0.326 e. The van der Waals surface area contributed by atoms with Crippen LogP contribution in [-0.4, -0.2) is 59.2 Å². The van der Waals surface area contributed by atoms with Crippen molar-refractivity contribution in [1.82, 2.24) is 13.9 Å². The molecule has 1 aliphatic rings. The van der Waals surface area contributed by atoms with Crippen LogP contribution in [0, 0.1) is 6.92 Å². The number of nitrogens with one attached hydrogen (secondary N) is 1. The van der Waals surface area contributed by atoms with Gasteiger partial charge in [0.25, 0.3) is 5.91 Å². The number of carbonyl (C=O) groups excluding carboxylic acids is 3. The van der Waals surface area contributed by atoms with E-state index in [1.54, 1.807) is 19.1 Å². The number of carbonyl (C=O) groups is 3. The summed E-state index contributed by atoms with van der Waals surface area (Å²) in [5.74, 6) is -0.728. The molecule has 1 aliphatic heterocycles. The first-order valence-electron chi connectivity index (χ1n) is 11.8. The number of nitrogens with zero attached hydrogens (tertiary/aromatic N) is 3. The summed E-state index contributed by atoms with van der Waals surface area (Å²) in [6.07, 6.45) is 3.67. The molecule has 5 rings (SSSR count). The van der Waals surface area contributed by atoms with Crippen LogP contribution in [-0.2, 0) is 14.8 Å². The topological polar surface area (TPSA) is 118 Å². The zero-order chi connectivity index (χ0) is 27.0. The Morgan fingerprint density at radius 3 is 2.45 bits per heavy atom. The smallest absolute Gasteiger partial charge is 0.256 e. The third-order valence-electron chi connectivity index (χ3n) is 6.43. The summed E-state index contributed by atoms with van der Waals surface area (Å²) in [6.45, 7) is 2.01. The van der Waals surface area contributed by atoms with E-state index in [0.717, 1.165) is 33.2 Å². The van der Waals surface area contributed by atoms with Crippen LogP contribution in [0.2, 0.25) is 0 Å². The van der Waals surface area contributed by atoms with Crippen molar-refractivity contribution in [3.8, 4) is 22.4 Å². The fraction of sp³-hybridized carbons (Fsp3) is 0.185. The Hall–Kier alpha value is -4.09. The molecule has 38 heavy (non-hydrogen) atoms. The minimum Gasteiger partial charge on any atom is -0.326 e. The fourth-order valence-corrected chi connectivity index (χ4v) is 5.97. The van der Waals surface area contributed by atoms with Crippen molar-refractivity contribution in [2.24, 2.45) is 0 Å². The van der Waals surface area contributed by atoms with Crippen molar-refractivity contribution in [1.29, 1.82) is 0 Å². The Kier molecular flexibility index (Phi) is 6.72. The van der Waals surface area contributed by atoms with Crippen LogP contribution < -0.4 is 5.32 Å². The van der Waals surface area contributed by atoms with Gasteiger partial charge in [0.05, 0.1) is 17.5 Å². The van der Waals surface area contributed by atoms with Crippen LogP contribution in [0.1, 0.15) is 32.8 Å². The van der Waals surface area contributed by atoms with E-state index in [9.17, 15) is 22.8 Å². The number of benzene rings is 2. The zero-order valence-corrected chi connectivity index (χ0v) is 22.3. The minimum atomic E-state index is -3.53. The van der Waals surface area contributed by atoms with Gasteiger partial charge in [0, 0.05) is 34.9 Å². The maximum Gasteiger partial charge on any atom is 0.256 e. The van der Waals surface area contributed by atoms with E-state index in [1.807, 2.05) is 41.8 Å². The number of hydrogen-bond acceptors (Lipinski definition) is 7. The first kappa shape index (κ1) is 25.6. The monoisotopic (exact) mass is 548 g/mol. The van der Waals surface area contributed by atoms with Crippen molar-refractivity contribution >= 4 is 44.6 Å². The molecule has 1 saturated heterocycles. The van der Waals surface area contributed by atoms with Crippen molar-refractivity contribution in [2.45, 2.75) is 19.4 Å². The Bertz CT molecular complexity index is 1650. The molecule has 11 heteroatoms. The van der Waals surface area contributed by atoms with Crippen molar-refractivity contribution in [2.75, 3.05) is 18.1 Å². The SMILES string of the molecule is Cc1cc(C(=O)N2CC[C@H]2C(=O)Nc2nc(-c3cccc(-c4ccc(C=O)cc4)c3)cs2)cn1S(C)(=O)=O. The Balaban J connectivity index is 1.27. The van der Waals surface area contributed by atoms with Gasteiger partial charge in [-0.15, -0.1) is 11.3 Å². The second-order valence-electron chi connectivity index (χ2n) is 9.08. The number of amides is 2. The highest BCUT2D eigenvalue weighted by Gasteiger charge is 2.38. The van der Waals surface area contributed by atoms with Gasteiger partial charge in [0.1, 0.15) is 12.3 Å². The Morgan fingerprint density at radius 1 is 1.08 bits per heavy atom. The van der Waals surface area contributed by atoms with Gasteiger partial charge in [0.15, 0.2) is 5.13 Å². The first-order chi connectivity index (χ1) is 18.1. The molecule has 1 fully saturated rings. The highest BCUT2D eigenvalue weighted by atomic mass is 32.2. The molecule has 2 amide bonds. The second-order valence-corrected chi connectivity index (χ2v) is 11.8. The minimum absolute atomic E-state index is 0.225. The zero-order valence-electron chi connectivity index (χ0n) is 20.6. The molecular formula is C27H24N4O5S2. The lowest BCUT2D eigenvalue weighted by Crippen LogP contribution is -2.56. The molecule has 1 N–H and O–H groups in total. The molecule has 194 valence electrons. The average molecular weight is 549 g/mol. The molecule has 0 spiro atoms. The van der Waals surface area contributed by atoms with Crippen LogP contribution in [0.3, 0.4) is 0 Å². The average Bonchev–Trinajstić information content (AvgIpc) is 3.50. The normalized spacial score (nSPS) is 15.1. The molecule has 0 saturated carbocycles. The quantitative estimate of drug-likeness (QED) is 0.348. The number of aromatic nitrogens is 2. The summed E-state index contributed by atoms with van der Waals surface area (Å²) in [5.41, 5.74) is 4.79. The summed E-state index contributed by atoms with van der Waals surface area (Å²) in [5, 5.41) is 5.08. The van der Waals surface area contributed by atoms with E-state index in [-0.39, 0.29) is 17.4 Å². The molecule has 0 unspecified atom stereocenters. The Labute approximate surface area is 223 Å². The molecule has 2 aromatic carbocycles. The molecule has 0 aliphatic carbocycles. The van der Waals surface area contributed by atoms with Crippen LogP contribution in [0.4, 0.5) is 5.13 Å². The summed E-state index contributed by atoms with van der Waals surface area (Å²) in [4.78, 5) is 42.8. The molecule has 1 atom stereocenters. The lowest BCUT2D eigenvalue weighted by Gasteiger charge is -2.39. The molecular weight excluding hydrogens is 524 g/mol. The number of aldehydes is 1. The van der Waals surface area contributed by atoms with Gasteiger partial charge in [-0.1, -0.05) is 42.5 Å². The number of rotatable bonds is 7. The molecule has 0 bridgehead atoms. The highest BCUT2D eigenvalue weighted by molar-refractivity contribution is 7.89. The van der Waals surface area contributed by atoms with E-state index < -0.39 is 16.1 Å². The van der Waals surface area contributed by atoms with E-state index in [1.165, 1.54) is 28.5 Å². The number of hydrogen-bond donors (Lipinski definition) is 1. The van der Waals surface area contributed by atoms with Gasteiger partial charge < -0.3 is 10.2 Å². The molecule has 0 radical (unpaired) electrons. The lowest BCUT2D eigenvalue weighted by atomic mass is 10.0. The van der Waals surface area contributed by atoms with Gasteiger partial charge in [-0.3, -0.25) is 14.4 Å². The summed E-state index contributed by atoms with van der Waals surface area (Å²) in [7, 11) is -3.53. The predicted molar refractivity (Wildman–Crippen MR) is 146 cm³/mol. The maximum atomic E-state index is 13.0. The standard InChI is InChI=1S/C27H24N4O5S2/c1-17-12-22(14-31(17)38(2,35)36)26(34)30-11-10-24(30)25(33)29-27-28-23(16-37-27)21-5-3-4-20(13-21)19-8-6-18(15-32)7-9-19/h3-9,12-16,24H,10-11H2,1-2H3,(H,28,29,33)/t24-/m0/s1. The van der Waals surface area contributed by atoms with Crippen molar-refractivity contribution in [3.05, 3.63) is 83.0 Å².